The Labute approximate surface area is 92.9 Å². The lowest BCUT2D eigenvalue weighted by molar-refractivity contribution is 0.591. The van der Waals surface area contributed by atoms with Gasteiger partial charge >= 0.3 is 0 Å². The van der Waals surface area contributed by atoms with Gasteiger partial charge in [0.15, 0.2) is 0 Å². The highest BCUT2D eigenvalue weighted by Gasteiger charge is 2.06. The molecular weight excluding hydrogens is 218 g/mol. The van der Waals surface area contributed by atoms with Gasteiger partial charge in [0, 0.05) is 23.8 Å². The smallest absolute Gasteiger partial charge is 0.132 e. The predicted octanol–water partition coefficient (Wildman–Crippen LogP) is 2.35. The van der Waals surface area contributed by atoms with E-state index in [4.69, 9.17) is 11.6 Å². The van der Waals surface area contributed by atoms with Crippen LogP contribution in [0.1, 0.15) is 18.4 Å². The summed E-state index contributed by atoms with van der Waals surface area (Å²) < 4.78 is 11.5. The molecule has 1 atom stereocenters. The zero-order valence-corrected chi connectivity index (χ0v) is 9.56. The van der Waals surface area contributed by atoms with Gasteiger partial charge < -0.3 is 4.55 Å². The van der Waals surface area contributed by atoms with Crippen LogP contribution >= 0.6 is 11.6 Å². The number of rotatable bonds is 6. The SMILES string of the molecule is [O-][S+](CCCCCl)Cc1cccnc1. The van der Waals surface area contributed by atoms with Crippen LogP contribution in [0.15, 0.2) is 24.5 Å². The Bertz CT molecular complexity index is 245. The molecule has 0 aliphatic rings. The number of pyridine rings is 1. The number of alkyl halides is 1. The normalized spacial score (nSPS) is 12.7. The highest BCUT2D eigenvalue weighted by atomic mass is 35.5. The van der Waals surface area contributed by atoms with Gasteiger partial charge in [0.2, 0.25) is 0 Å². The Balaban J connectivity index is 2.23. The van der Waals surface area contributed by atoms with Crippen molar-refractivity contribution in [1.82, 2.24) is 4.98 Å². The van der Waals surface area contributed by atoms with E-state index in [1.807, 2.05) is 12.1 Å². The minimum Gasteiger partial charge on any atom is -0.616 e. The third kappa shape index (κ3) is 4.84. The first-order chi connectivity index (χ1) is 6.83. The molecule has 0 amide bonds. The van der Waals surface area contributed by atoms with E-state index in [0.717, 1.165) is 24.2 Å². The molecule has 14 heavy (non-hydrogen) atoms. The Kier molecular flexibility index (Phi) is 5.99. The van der Waals surface area contributed by atoms with Crippen molar-refractivity contribution in [3.63, 3.8) is 0 Å². The molecule has 0 bridgehead atoms. The van der Waals surface area contributed by atoms with E-state index in [1.165, 1.54) is 0 Å². The van der Waals surface area contributed by atoms with E-state index >= 15 is 0 Å². The molecule has 0 saturated carbocycles. The quantitative estimate of drug-likeness (QED) is 0.428. The van der Waals surface area contributed by atoms with E-state index in [-0.39, 0.29) is 0 Å². The molecular formula is C10H14ClNOS. The van der Waals surface area contributed by atoms with Crippen molar-refractivity contribution in [3.8, 4) is 0 Å². The van der Waals surface area contributed by atoms with Gasteiger partial charge in [-0.15, -0.1) is 11.6 Å². The number of halogens is 1. The molecule has 0 radical (unpaired) electrons. The largest absolute Gasteiger partial charge is 0.616 e. The van der Waals surface area contributed by atoms with E-state index < -0.39 is 11.2 Å². The minimum absolute atomic E-state index is 0.607. The van der Waals surface area contributed by atoms with Crippen LogP contribution in [0.5, 0.6) is 0 Å². The summed E-state index contributed by atoms with van der Waals surface area (Å²) in [7, 11) is 0. The molecule has 1 rings (SSSR count). The molecule has 0 aliphatic carbocycles. The van der Waals surface area contributed by atoms with Crippen LogP contribution < -0.4 is 0 Å². The molecule has 4 heteroatoms. The first kappa shape index (κ1) is 11.8. The maximum atomic E-state index is 11.5. The molecule has 0 aromatic carbocycles. The molecule has 0 saturated heterocycles. The number of nitrogens with zero attached hydrogens (tertiary/aromatic N) is 1. The molecule has 2 nitrogen and oxygen atoms in total. The Morgan fingerprint density at radius 1 is 1.43 bits per heavy atom. The number of hydrogen-bond acceptors (Lipinski definition) is 2. The lowest BCUT2D eigenvalue weighted by Crippen LogP contribution is -2.09. The summed E-state index contributed by atoms with van der Waals surface area (Å²) in [4.78, 5) is 3.98. The summed E-state index contributed by atoms with van der Waals surface area (Å²) in [6, 6.07) is 3.82. The lowest BCUT2D eigenvalue weighted by atomic mass is 10.3. The van der Waals surface area contributed by atoms with Gasteiger partial charge in [-0.05, 0) is 30.1 Å². The first-order valence-electron chi connectivity index (χ1n) is 4.63. The Morgan fingerprint density at radius 2 is 2.29 bits per heavy atom. The molecule has 0 fully saturated rings. The van der Waals surface area contributed by atoms with Gasteiger partial charge in [-0.25, -0.2) is 0 Å². The van der Waals surface area contributed by atoms with Gasteiger partial charge in [-0.3, -0.25) is 4.98 Å². The second kappa shape index (κ2) is 7.10. The average molecular weight is 232 g/mol. The topological polar surface area (TPSA) is 36.0 Å². The number of hydrogen-bond donors (Lipinski definition) is 0. The fourth-order valence-electron chi connectivity index (χ4n) is 1.10. The molecule has 78 valence electrons. The molecule has 0 N–H and O–H groups in total. The summed E-state index contributed by atoms with van der Waals surface area (Å²) in [5.41, 5.74) is 1.04. The fraction of sp³-hybridized carbons (Fsp3) is 0.500. The second-order valence-electron chi connectivity index (χ2n) is 3.05. The Morgan fingerprint density at radius 3 is 2.93 bits per heavy atom. The predicted molar refractivity (Wildman–Crippen MR) is 60.9 cm³/mol. The highest BCUT2D eigenvalue weighted by molar-refractivity contribution is 7.90. The summed E-state index contributed by atoms with van der Waals surface area (Å²) in [6.07, 6.45) is 5.37. The molecule has 0 spiro atoms. The zero-order valence-electron chi connectivity index (χ0n) is 7.99. The van der Waals surface area contributed by atoms with Crippen LogP contribution in [-0.4, -0.2) is 21.2 Å². The van der Waals surface area contributed by atoms with E-state index in [9.17, 15) is 4.55 Å². The number of aromatic nitrogens is 1. The van der Waals surface area contributed by atoms with Crippen LogP contribution in [0.4, 0.5) is 0 Å². The van der Waals surface area contributed by atoms with Crippen molar-refractivity contribution >= 4 is 22.8 Å². The van der Waals surface area contributed by atoms with Crippen LogP contribution in [0.2, 0.25) is 0 Å². The lowest BCUT2D eigenvalue weighted by Gasteiger charge is -2.09. The van der Waals surface area contributed by atoms with Crippen LogP contribution in [0.25, 0.3) is 0 Å². The van der Waals surface area contributed by atoms with Gasteiger partial charge in [0.05, 0.1) is 0 Å². The van der Waals surface area contributed by atoms with Crippen molar-refractivity contribution < 1.29 is 4.55 Å². The van der Waals surface area contributed by atoms with Gasteiger partial charge in [-0.2, -0.15) is 0 Å². The third-order valence-electron chi connectivity index (χ3n) is 1.81. The summed E-state index contributed by atoms with van der Waals surface area (Å²) in [6.45, 7) is 0. The van der Waals surface area contributed by atoms with Crippen LogP contribution in [0.3, 0.4) is 0 Å². The van der Waals surface area contributed by atoms with Crippen molar-refractivity contribution in [1.29, 1.82) is 0 Å². The monoisotopic (exact) mass is 231 g/mol. The summed E-state index contributed by atoms with van der Waals surface area (Å²) in [5.74, 6) is 2.00. The fourth-order valence-corrected chi connectivity index (χ4v) is 2.50. The average Bonchev–Trinajstić information content (AvgIpc) is 2.20. The molecule has 1 heterocycles. The van der Waals surface area contributed by atoms with Gasteiger partial charge in [0.1, 0.15) is 11.5 Å². The van der Waals surface area contributed by atoms with Crippen LogP contribution in [-0.2, 0) is 16.9 Å². The van der Waals surface area contributed by atoms with Gasteiger partial charge in [0.25, 0.3) is 0 Å². The van der Waals surface area contributed by atoms with Crippen molar-refractivity contribution in [2.45, 2.75) is 18.6 Å². The Hall–Kier alpha value is -0.250. The molecule has 1 unspecified atom stereocenters. The van der Waals surface area contributed by atoms with Crippen molar-refractivity contribution in [2.75, 3.05) is 11.6 Å². The molecule has 0 aliphatic heterocycles. The second-order valence-corrected chi connectivity index (χ2v) is 5.00. The van der Waals surface area contributed by atoms with Crippen LogP contribution in [0, 0.1) is 0 Å². The summed E-state index contributed by atoms with van der Waals surface area (Å²) >= 11 is 4.77. The first-order valence-corrected chi connectivity index (χ1v) is 6.65. The minimum atomic E-state index is -0.771. The summed E-state index contributed by atoms with van der Waals surface area (Å²) in [5, 5.41) is 0. The van der Waals surface area contributed by atoms with E-state index in [1.54, 1.807) is 12.4 Å². The zero-order chi connectivity index (χ0) is 10.2. The van der Waals surface area contributed by atoms with E-state index in [2.05, 4.69) is 4.98 Å². The maximum Gasteiger partial charge on any atom is 0.132 e. The van der Waals surface area contributed by atoms with Crippen molar-refractivity contribution in [3.05, 3.63) is 30.1 Å². The third-order valence-corrected chi connectivity index (χ3v) is 3.47. The van der Waals surface area contributed by atoms with Crippen molar-refractivity contribution in [2.24, 2.45) is 0 Å². The molecule has 1 aromatic heterocycles. The molecule has 1 aromatic rings. The van der Waals surface area contributed by atoms with Gasteiger partial charge in [-0.1, -0.05) is 6.07 Å². The highest BCUT2D eigenvalue weighted by Crippen LogP contribution is 2.07. The maximum absolute atomic E-state index is 11.5. The van der Waals surface area contributed by atoms with E-state index in [0.29, 0.717) is 11.6 Å². The standard InChI is InChI=1S/C10H14ClNOS/c11-5-1-2-7-14(13)9-10-4-3-6-12-8-10/h3-4,6,8H,1-2,5,7,9H2. The number of unbranched alkanes of at least 4 members (excludes halogenated alkanes) is 1.